The van der Waals surface area contributed by atoms with E-state index in [-0.39, 0.29) is 5.54 Å². The Hall–Kier alpha value is -1.94. The molecule has 1 aliphatic rings. The van der Waals surface area contributed by atoms with Crippen molar-refractivity contribution in [1.82, 2.24) is 9.97 Å². The van der Waals surface area contributed by atoms with E-state index in [0.29, 0.717) is 0 Å². The smallest absolute Gasteiger partial charge is 0.163 e. The number of hydrogen-bond donors (Lipinski definition) is 1. The highest BCUT2D eigenvalue weighted by Crippen LogP contribution is 2.38. The number of benzene rings is 1. The zero-order chi connectivity index (χ0) is 13.7. The van der Waals surface area contributed by atoms with Gasteiger partial charge >= 0.3 is 0 Å². The minimum Gasteiger partial charge on any atom is -0.364 e. The third-order valence-corrected chi connectivity index (χ3v) is 4.55. The van der Waals surface area contributed by atoms with Gasteiger partial charge in [0.15, 0.2) is 5.82 Å². The van der Waals surface area contributed by atoms with E-state index in [1.807, 2.05) is 18.2 Å². The number of thiophene rings is 1. The van der Waals surface area contributed by atoms with Gasteiger partial charge in [-0.25, -0.2) is 9.97 Å². The molecule has 0 bridgehead atoms. The molecule has 0 saturated heterocycles. The Morgan fingerprint density at radius 3 is 2.75 bits per heavy atom. The second-order valence-corrected chi connectivity index (χ2v) is 6.75. The lowest BCUT2D eigenvalue weighted by atomic mass is 9.91. The van der Waals surface area contributed by atoms with Gasteiger partial charge in [0.1, 0.15) is 10.6 Å². The van der Waals surface area contributed by atoms with Gasteiger partial charge in [-0.3, -0.25) is 0 Å². The monoisotopic (exact) mass is 281 g/mol. The van der Waals surface area contributed by atoms with Crippen LogP contribution in [0.25, 0.3) is 21.6 Å². The van der Waals surface area contributed by atoms with Gasteiger partial charge in [-0.1, -0.05) is 30.3 Å². The predicted octanol–water partition coefficient (Wildman–Crippen LogP) is 4.10. The summed E-state index contributed by atoms with van der Waals surface area (Å²) >= 11 is 1.71. The molecule has 0 radical (unpaired) electrons. The lowest BCUT2D eigenvalue weighted by Gasteiger charge is -2.31. The standard InChI is InChI=1S/C16H15N3S/c1-16(2)8-11-9-20-15-12(11)14(19-16)17-13(18-15)10-6-4-3-5-7-10/h3-7,9H,8H2,1-2H3,(H,17,18,19). The number of aromatic nitrogens is 2. The van der Waals surface area contributed by atoms with Crippen LogP contribution in [-0.4, -0.2) is 15.5 Å². The summed E-state index contributed by atoms with van der Waals surface area (Å²) in [5, 5.41) is 6.98. The van der Waals surface area contributed by atoms with E-state index in [9.17, 15) is 0 Å². The molecule has 20 heavy (non-hydrogen) atoms. The lowest BCUT2D eigenvalue weighted by Crippen LogP contribution is -2.36. The molecule has 3 aromatic rings. The van der Waals surface area contributed by atoms with Crippen molar-refractivity contribution < 1.29 is 0 Å². The first-order chi connectivity index (χ1) is 9.62. The van der Waals surface area contributed by atoms with Crippen molar-refractivity contribution >= 4 is 27.4 Å². The molecular weight excluding hydrogens is 266 g/mol. The van der Waals surface area contributed by atoms with Crippen LogP contribution in [0.5, 0.6) is 0 Å². The maximum absolute atomic E-state index is 4.75. The van der Waals surface area contributed by atoms with Crippen molar-refractivity contribution in [1.29, 1.82) is 0 Å². The van der Waals surface area contributed by atoms with E-state index in [2.05, 4.69) is 36.7 Å². The molecule has 0 aliphatic carbocycles. The van der Waals surface area contributed by atoms with Crippen LogP contribution in [0, 0.1) is 0 Å². The fourth-order valence-corrected chi connectivity index (χ4v) is 3.72. The molecule has 4 rings (SSSR count). The number of nitrogens with one attached hydrogen (secondary N) is 1. The van der Waals surface area contributed by atoms with Crippen LogP contribution in [-0.2, 0) is 6.42 Å². The van der Waals surface area contributed by atoms with Gasteiger partial charge in [-0.15, -0.1) is 11.3 Å². The Bertz CT molecular complexity index is 790. The van der Waals surface area contributed by atoms with Gasteiger partial charge in [-0.2, -0.15) is 0 Å². The van der Waals surface area contributed by atoms with E-state index in [4.69, 9.17) is 9.97 Å². The minimum atomic E-state index is 0.0450. The summed E-state index contributed by atoms with van der Waals surface area (Å²) in [5.41, 5.74) is 2.47. The molecule has 1 aromatic carbocycles. The largest absolute Gasteiger partial charge is 0.364 e. The number of hydrogen-bond acceptors (Lipinski definition) is 4. The van der Waals surface area contributed by atoms with Gasteiger partial charge in [0, 0.05) is 11.1 Å². The van der Waals surface area contributed by atoms with Crippen molar-refractivity contribution in [2.45, 2.75) is 25.8 Å². The maximum atomic E-state index is 4.75. The molecule has 0 fully saturated rings. The van der Waals surface area contributed by atoms with Gasteiger partial charge in [0.25, 0.3) is 0 Å². The number of rotatable bonds is 1. The van der Waals surface area contributed by atoms with Crippen LogP contribution in [0.4, 0.5) is 5.82 Å². The summed E-state index contributed by atoms with van der Waals surface area (Å²) in [6.45, 7) is 4.42. The van der Waals surface area contributed by atoms with E-state index in [0.717, 1.165) is 28.5 Å². The fourth-order valence-electron chi connectivity index (χ4n) is 2.78. The van der Waals surface area contributed by atoms with Gasteiger partial charge < -0.3 is 5.32 Å². The first-order valence-electron chi connectivity index (χ1n) is 6.74. The Morgan fingerprint density at radius 1 is 1.15 bits per heavy atom. The van der Waals surface area contributed by atoms with E-state index in [1.165, 1.54) is 10.9 Å². The lowest BCUT2D eigenvalue weighted by molar-refractivity contribution is 0.558. The number of anilines is 1. The van der Waals surface area contributed by atoms with Crippen molar-refractivity contribution in [2.24, 2.45) is 0 Å². The molecule has 3 heterocycles. The van der Waals surface area contributed by atoms with Crippen molar-refractivity contribution in [3.63, 3.8) is 0 Å². The first-order valence-corrected chi connectivity index (χ1v) is 7.62. The molecule has 0 amide bonds. The summed E-state index contributed by atoms with van der Waals surface area (Å²) < 4.78 is 0. The van der Waals surface area contributed by atoms with Crippen LogP contribution in [0.2, 0.25) is 0 Å². The zero-order valence-corrected chi connectivity index (χ0v) is 12.3. The minimum absolute atomic E-state index is 0.0450. The van der Waals surface area contributed by atoms with Gasteiger partial charge in [0.2, 0.25) is 0 Å². The van der Waals surface area contributed by atoms with E-state index >= 15 is 0 Å². The van der Waals surface area contributed by atoms with E-state index < -0.39 is 0 Å². The van der Waals surface area contributed by atoms with Gasteiger partial charge in [0.05, 0.1) is 5.39 Å². The molecular formula is C16H15N3S. The Kier molecular flexibility index (Phi) is 2.39. The highest BCUT2D eigenvalue weighted by Gasteiger charge is 2.28. The van der Waals surface area contributed by atoms with Crippen LogP contribution in [0.3, 0.4) is 0 Å². The average molecular weight is 281 g/mol. The third kappa shape index (κ3) is 1.79. The topological polar surface area (TPSA) is 37.8 Å². The summed E-state index contributed by atoms with van der Waals surface area (Å²) in [7, 11) is 0. The number of nitrogens with zero attached hydrogens (tertiary/aromatic N) is 2. The Balaban J connectivity index is 1.96. The Morgan fingerprint density at radius 2 is 1.95 bits per heavy atom. The Labute approximate surface area is 121 Å². The maximum Gasteiger partial charge on any atom is 0.163 e. The molecule has 0 spiro atoms. The molecule has 2 aromatic heterocycles. The van der Waals surface area contributed by atoms with Crippen LogP contribution in [0.1, 0.15) is 19.4 Å². The van der Waals surface area contributed by atoms with Crippen molar-refractivity contribution in [2.75, 3.05) is 5.32 Å². The second-order valence-electron chi connectivity index (χ2n) is 5.89. The molecule has 0 unspecified atom stereocenters. The molecule has 100 valence electrons. The van der Waals surface area contributed by atoms with Crippen molar-refractivity contribution in [3.8, 4) is 11.4 Å². The molecule has 0 atom stereocenters. The van der Waals surface area contributed by atoms with Crippen LogP contribution >= 0.6 is 11.3 Å². The molecule has 1 N–H and O–H groups in total. The highest BCUT2D eigenvalue weighted by atomic mass is 32.1. The molecule has 1 aliphatic heterocycles. The summed E-state index contributed by atoms with van der Waals surface area (Å²) in [6, 6.07) is 10.2. The molecule has 0 saturated carbocycles. The predicted molar refractivity (Wildman–Crippen MR) is 84.3 cm³/mol. The quantitative estimate of drug-likeness (QED) is 0.729. The fraction of sp³-hybridized carbons (Fsp3) is 0.250. The summed E-state index contributed by atoms with van der Waals surface area (Å²) in [6.07, 6.45) is 1.02. The average Bonchev–Trinajstić information content (AvgIpc) is 2.82. The van der Waals surface area contributed by atoms with Crippen molar-refractivity contribution in [3.05, 3.63) is 41.3 Å². The SMILES string of the molecule is CC1(C)Cc2csc3nc(-c4ccccc4)nc(c23)N1. The van der Waals surface area contributed by atoms with Gasteiger partial charge in [-0.05, 0) is 31.2 Å². The van der Waals surface area contributed by atoms with E-state index in [1.54, 1.807) is 11.3 Å². The third-order valence-electron chi connectivity index (χ3n) is 3.63. The first kappa shape index (κ1) is 11.9. The van der Waals surface area contributed by atoms with Crippen LogP contribution < -0.4 is 5.32 Å². The normalized spacial score (nSPS) is 16.1. The molecule has 4 heteroatoms. The summed E-state index contributed by atoms with van der Waals surface area (Å²) in [4.78, 5) is 10.6. The zero-order valence-electron chi connectivity index (χ0n) is 11.5. The van der Waals surface area contributed by atoms with Crippen LogP contribution in [0.15, 0.2) is 35.7 Å². The second kappa shape index (κ2) is 4.03. The molecule has 3 nitrogen and oxygen atoms in total. The highest BCUT2D eigenvalue weighted by molar-refractivity contribution is 7.17. The summed E-state index contributed by atoms with van der Waals surface area (Å²) in [5.74, 6) is 1.77.